The minimum absolute atomic E-state index is 0.199. The number of nitrogens with zero attached hydrogens (tertiary/aromatic N) is 2. The number of hydrogen-bond donors (Lipinski definition) is 2. The van der Waals surface area contributed by atoms with E-state index in [-0.39, 0.29) is 5.91 Å². The van der Waals surface area contributed by atoms with Gasteiger partial charge in [0.2, 0.25) is 5.91 Å². The highest BCUT2D eigenvalue weighted by molar-refractivity contribution is 6.33. The lowest BCUT2D eigenvalue weighted by atomic mass is 10.1. The van der Waals surface area contributed by atoms with Gasteiger partial charge in [0.1, 0.15) is 6.04 Å². The van der Waals surface area contributed by atoms with Gasteiger partial charge in [0.15, 0.2) is 0 Å². The predicted molar refractivity (Wildman–Crippen MR) is 83.4 cm³/mol. The molecule has 108 valence electrons. The molecule has 21 heavy (non-hydrogen) atoms. The Balaban J connectivity index is 1.90. The summed E-state index contributed by atoms with van der Waals surface area (Å²) in [6.45, 7) is 0.695. The fourth-order valence-electron chi connectivity index (χ4n) is 2.43. The van der Waals surface area contributed by atoms with Gasteiger partial charge in [0.05, 0.1) is 10.7 Å². The molecule has 6 heteroatoms. The third-order valence-electron chi connectivity index (χ3n) is 3.57. The molecule has 0 spiro atoms. The summed E-state index contributed by atoms with van der Waals surface area (Å²) in [6, 6.07) is 6.89. The third-order valence-corrected chi connectivity index (χ3v) is 3.88. The van der Waals surface area contributed by atoms with Gasteiger partial charge in [-0.25, -0.2) is 0 Å². The van der Waals surface area contributed by atoms with Gasteiger partial charge < -0.3 is 16.0 Å². The van der Waals surface area contributed by atoms with Crippen molar-refractivity contribution in [2.75, 3.05) is 17.3 Å². The van der Waals surface area contributed by atoms with Crippen molar-refractivity contribution < 1.29 is 4.79 Å². The van der Waals surface area contributed by atoms with Gasteiger partial charge in [-0.05, 0) is 29.8 Å². The number of carbonyl (C=O) groups excluding carboxylic acids is 1. The smallest absolute Gasteiger partial charge is 0.245 e. The number of pyridine rings is 1. The SMILES string of the molecule is CN(Cc1ccncc1)c1cc2c(cc1Cl)C(N)C(=O)N2. The van der Waals surface area contributed by atoms with Crippen molar-refractivity contribution in [3.63, 3.8) is 0 Å². The lowest BCUT2D eigenvalue weighted by molar-refractivity contribution is -0.116. The fourth-order valence-corrected chi connectivity index (χ4v) is 2.75. The van der Waals surface area contributed by atoms with E-state index < -0.39 is 6.04 Å². The first-order chi connectivity index (χ1) is 10.1. The lowest BCUT2D eigenvalue weighted by Gasteiger charge is -2.21. The van der Waals surface area contributed by atoms with Gasteiger partial charge in [0.25, 0.3) is 0 Å². The zero-order chi connectivity index (χ0) is 15.0. The number of nitrogens with one attached hydrogen (secondary N) is 1. The zero-order valence-corrected chi connectivity index (χ0v) is 12.3. The van der Waals surface area contributed by atoms with Gasteiger partial charge >= 0.3 is 0 Å². The van der Waals surface area contributed by atoms with Crippen LogP contribution >= 0.6 is 11.6 Å². The maximum absolute atomic E-state index is 11.6. The Morgan fingerprint density at radius 1 is 1.38 bits per heavy atom. The van der Waals surface area contributed by atoms with E-state index in [2.05, 4.69) is 10.3 Å². The molecule has 2 heterocycles. The van der Waals surface area contributed by atoms with Crippen LogP contribution in [0.5, 0.6) is 0 Å². The third kappa shape index (κ3) is 2.57. The topological polar surface area (TPSA) is 71.2 Å². The van der Waals surface area contributed by atoms with Gasteiger partial charge in [0, 0.05) is 37.2 Å². The summed E-state index contributed by atoms with van der Waals surface area (Å²) < 4.78 is 0. The van der Waals surface area contributed by atoms with E-state index in [0.717, 1.165) is 22.5 Å². The van der Waals surface area contributed by atoms with Crippen molar-refractivity contribution in [1.29, 1.82) is 0 Å². The van der Waals surface area contributed by atoms with E-state index in [1.54, 1.807) is 18.5 Å². The number of nitrogens with two attached hydrogens (primary N) is 1. The van der Waals surface area contributed by atoms with E-state index in [1.807, 2.05) is 30.1 Å². The Morgan fingerprint density at radius 3 is 2.81 bits per heavy atom. The summed E-state index contributed by atoms with van der Waals surface area (Å²) in [5.74, 6) is -0.199. The minimum Gasteiger partial charge on any atom is -0.369 e. The van der Waals surface area contributed by atoms with Gasteiger partial charge in [-0.1, -0.05) is 11.6 Å². The highest BCUT2D eigenvalue weighted by Gasteiger charge is 2.28. The molecule has 0 aliphatic carbocycles. The first-order valence-electron chi connectivity index (χ1n) is 6.56. The number of amides is 1. The van der Waals surface area contributed by atoms with Crippen LogP contribution in [0.2, 0.25) is 5.02 Å². The quantitative estimate of drug-likeness (QED) is 0.913. The number of fused-ring (bicyclic) bond motifs is 1. The normalized spacial score (nSPS) is 16.5. The fraction of sp³-hybridized carbons (Fsp3) is 0.200. The summed E-state index contributed by atoms with van der Waals surface area (Å²) in [5.41, 5.74) is 9.27. The summed E-state index contributed by atoms with van der Waals surface area (Å²) in [4.78, 5) is 17.6. The van der Waals surface area contributed by atoms with Crippen LogP contribution in [-0.4, -0.2) is 17.9 Å². The molecule has 1 aliphatic rings. The highest BCUT2D eigenvalue weighted by Crippen LogP contribution is 2.38. The molecule has 3 N–H and O–H groups in total. The Labute approximate surface area is 127 Å². The van der Waals surface area contributed by atoms with Gasteiger partial charge in [-0.2, -0.15) is 0 Å². The number of anilines is 2. The van der Waals surface area contributed by atoms with Crippen molar-refractivity contribution in [1.82, 2.24) is 4.98 Å². The number of rotatable bonds is 3. The average Bonchev–Trinajstić information content (AvgIpc) is 2.74. The Hall–Kier alpha value is -2.11. The number of aromatic nitrogens is 1. The molecular weight excluding hydrogens is 288 g/mol. The minimum atomic E-state index is -0.642. The molecule has 1 unspecified atom stereocenters. The summed E-state index contributed by atoms with van der Waals surface area (Å²) in [7, 11) is 1.95. The number of hydrogen-bond acceptors (Lipinski definition) is 4. The largest absolute Gasteiger partial charge is 0.369 e. The van der Waals surface area contributed by atoms with E-state index in [4.69, 9.17) is 17.3 Å². The molecule has 0 bridgehead atoms. The molecule has 1 amide bonds. The number of benzene rings is 1. The van der Waals surface area contributed by atoms with Crippen molar-refractivity contribution in [2.24, 2.45) is 5.73 Å². The molecule has 1 aromatic heterocycles. The molecule has 5 nitrogen and oxygen atoms in total. The number of carbonyl (C=O) groups is 1. The zero-order valence-electron chi connectivity index (χ0n) is 11.5. The van der Waals surface area contributed by atoms with Crippen LogP contribution in [0.4, 0.5) is 11.4 Å². The van der Waals surface area contributed by atoms with E-state index in [9.17, 15) is 4.79 Å². The maximum Gasteiger partial charge on any atom is 0.245 e. The van der Waals surface area contributed by atoms with Crippen LogP contribution in [-0.2, 0) is 11.3 Å². The van der Waals surface area contributed by atoms with Gasteiger partial charge in [-0.15, -0.1) is 0 Å². The molecule has 0 saturated heterocycles. The molecule has 3 rings (SSSR count). The van der Waals surface area contributed by atoms with E-state index >= 15 is 0 Å². The molecule has 0 saturated carbocycles. The van der Waals surface area contributed by atoms with Crippen molar-refractivity contribution in [2.45, 2.75) is 12.6 Å². The molecule has 1 aromatic carbocycles. The standard InChI is InChI=1S/C15H15ClN4O/c1-20(8-9-2-4-18-5-3-9)13-7-12-10(6-11(13)16)14(17)15(21)19-12/h2-7,14H,8,17H2,1H3,(H,19,21). The predicted octanol–water partition coefficient (Wildman–Crippen LogP) is 2.32. The first kappa shape index (κ1) is 13.9. The molecule has 0 radical (unpaired) electrons. The molecule has 1 atom stereocenters. The second-order valence-electron chi connectivity index (χ2n) is 5.07. The monoisotopic (exact) mass is 302 g/mol. The second-order valence-corrected chi connectivity index (χ2v) is 5.48. The van der Waals surface area contributed by atoms with E-state index in [0.29, 0.717) is 11.6 Å². The summed E-state index contributed by atoms with van der Waals surface area (Å²) >= 11 is 6.33. The summed E-state index contributed by atoms with van der Waals surface area (Å²) in [6.07, 6.45) is 3.51. The Morgan fingerprint density at radius 2 is 2.10 bits per heavy atom. The highest BCUT2D eigenvalue weighted by atomic mass is 35.5. The Bertz CT molecular complexity index is 690. The Kier molecular flexibility index (Phi) is 3.53. The first-order valence-corrected chi connectivity index (χ1v) is 6.94. The average molecular weight is 303 g/mol. The number of halogens is 1. The van der Waals surface area contributed by atoms with Crippen molar-refractivity contribution in [3.8, 4) is 0 Å². The van der Waals surface area contributed by atoms with Crippen molar-refractivity contribution in [3.05, 3.63) is 52.8 Å². The lowest BCUT2D eigenvalue weighted by Crippen LogP contribution is -2.19. The van der Waals surface area contributed by atoms with Crippen LogP contribution in [0.25, 0.3) is 0 Å². The molecular formula is C15H15ClN4O. The maximum atomic E-state index is 11.6. The second kappa shape index (κ2) is 5.35. The van der Waals surface area contributed by atoms with Crippen LogP contribution in [0, 0.1) is 0 Å². The molecule has 0 fully saturated rings. The molecule has 1 aliphatic heterocycles. The van der Waals surface area contributed by atoms with Crippen LogP contribution < -0.4 is 16.0 Å². The van der Waals surface area contributed by atoms with E-state index in [1.165, 1.54) is 0 Å². The summed E-state index contributed by atoms with van der Waals surface area (Å²) in [5, 5.41) is 3.36. The van der Waals surface area contributed by atoms with Crippen LogP contribution in [0.3, 0.4) is 0 Å². The van der Waals surface area contributed by atoms with Gasteiger partial charge in [-0.3, -0.25) is 9.78 Å². The molecule has 2 aromatic rings. The van der Waals surface area contributed by atoms with Crippen LogP contribution in [0.1, 0.15) is 17.2 Å². The van der Waals surface area contributed by atoms with Crippen LogP contribution in [0.15, 0.2) is 36.7 Å². The van der Waals surface area contributed by atoms with Crippen molar-refractivity contribution >= 4 is 28.9 Å².